The summed E-state index contributed by atoms with van der Waals surface area (Å²) in [5.74, 6) is -0.423. The number of thioether (sulfide) groups is 1. The van der Waals surface area contributed by atoms with Gasteiger partial charge in [-0.05, 0) is 42.8 Å². The van der Waals surface area contributed by atoms with Crippen LogP contribution in [-0.2, 0) is 9.59 Å². The number of nitrogens with one attached hydrogen (secondary N) is 2. The van der Waals surface area contributed by atoms with E-state index in [1.165, 1.54) is 11.8 Å². The van der Waals surface area contributed by atoms with Gasteiger partial charge in [0, 0.05) is 10.2 Å². The van der Waals surface area contributed by atoms with Gasteiger partial charge in [-0.3, -0.25) is 9.59 Å². The Balaban J connectivity index is 1.45. The number of rotatable bonds is 6. The summed E-state index contributed by atoms with van der Waals surface area (Å²) >= 11 is 4.56. The Bertz CT molecular complexity index is 925. The van der Waals surface area contributed by atoms with Crippen molar-refractivity contribution in [3.8, 4) is 0 Å². The van der Waals surface area contributed by atoms with Crippen molar-refractivity contribution in [1.29, 1.82) is 0 Å². The standard InChI is InChI=1S/C18H16BrN3O3S/c1-11-8-12(19)6-7-13(11)21-16(23)9-20-17(24)10-26-18-22-14-4-2-3-5-15(14)25-18/h2-8H,9-10H2,1H3,(H,20,24)(H,21,23). The van der Waals surface area contributed by atoms with Crippen molar-refractivity contribution in [3.63, 3.8) is 0 Å². The molecule has 2 aromatic carbocycles. The first-order chi connectivity index (χ1) is 12.5. The normalized spacial score (nSPS) is 10.7. The lowest BCUT2D eigenvalue weighted by atomic mass is 10.2. The minimum absolute atomic E-state index is 0.0948. The molecule has 1 heterocycles. The molecule has 0 aliphatic rings. The molecule has 0 radical (unpaired) electrons. The number of nitrogens with zero attached hydrogens (tertiary/aromatic N) is 1. The third-order valence-corrected chi connectivity index (χ3v) is 4.83. The Hall–Kier alpha value is -2.32. The fraction of sp³-hybridized carbons (Fsp3) is 0.167. The Morgan fingerprint density at radius 1 is 1.19 bits per heavy atom. The van der Waals surface area contributed by atoms with Gasteiger partial charge < -0.3 is 15.1 Å². The number of aryl methyl sites for hydroxylation is 1. The van der Waals surface area contributed by atoms with E-state index in [9.17, 15) is 9.59 Å². The SMILES string of the molecule is Cc1cc(Br)ccc1NC(=O)CNC(=O)CSc1nc2ccccc2o1. The topological polar surface area (TPSA) is 84.2 Å². The van der Waals surface area contributed by atoms with Crippen LogP contribution in [0.1, 0.15) is 5.56 Å². The molecule has 26 heavy (non-hydrogen) atoms. The van der Waals surface area contributed by atoms with E-state index in [0.717, 1.165) is 15.6 Å². The van der Waals surface area contributed by atoms with E-state index in [0.29, 0.717) is 16.5 Å². The maximum absolute atomic E-state index is 12.0. The van der Waals surface area contributed by atoms with E-state index >= 15 is 0 Å². The summed E-state index contributed by atoms with van der Waals surface area (Å²) in [6.07, 6.45) is 0. The molecule has 0 unspecified atom stereocenters. The molecule has 0 saturated carbocycles. The number of hydrogen-bond acceptors (Lipinski definition) is 5. The summed E-state index contributed by atoms with van der Waals surface area (Å²) in [4.78, 5) is 28.2. The summed E-state index contributed by atoms with van der Waals surface area (Å²) < 4.78 is 6.48. The van der Waals surface area contributed by atoms with Gasteiger partial charge in [-0.15, -0.1) is 0 Å². The average molecular weight is 434 g/mol. The number of para-hydroxylation sites is 2. The second-order valence-corrected chi connectivity index (χ2v) is 7.36. The van der Waals surface area contributed by atoms with Crippen molar-refractivity contribution in [3.05, 3.63) is 52.5 Å². The number of oxazole rings is 1. The molecule has 0 bridgehead atoms. The maximum atomic E-state index is 12.0. The van der Waals surface area contributed by atoms with Gasteiger partial charge in [-0.25, -0.2) is 4.98 Å². The fourth-order valence-electron chi connectivity index (χ4n) is 2.23. The molecule has 2 amide bonds. The molecule has 1 aromatic heterocycles. The minimum atomic E-state index is -0.282. The van der Waals surface area contributed by atoms with Crippen LogP contribution < -0.4 is 10.6 Å². The lowest BCUT2D eigenvalue weighted by Gasteiger charge is -2.09. The highest BCUT2D eigenvalue weighted by molar-refractivity contribution is 9.10. The van der Waals surface area contributed by atoms with Crippen molar-refractivity contribution in [2.75, 3.05) is 17.6 Å². The zero-order chi connectivity index (χ0) is 18.5. The molecular weight excluding hydrogens is 418 g/mol. The van der Waals surface area contributed by atoms with Crippen LogP contribution in [0.25, 0.3) is 11.1 Å². The average Bonchev–Trinajstić information content (AvgIpc) is 3.03. The molecule has 3 aromatic rings. The number of carbonyl (C=O) groups is 2. The molecule has 0 saturated heterocycles. The molecule has 134 valence electrons. The van der Waals surface area contributed by atoms with Crippen LogP contribution in [0.2, 0.25) is 0 Å². The molecule has 0 spiro atoms. The van der Waals surface area contributed by atoms with Crippen molar-refractivity contribution in [1.82, 2.24) is 10.3 Å². The fourth-order valence-corrected chi connectivity index (χ4v) is 3.38. The highest BCUT2D eigenvalue weighted by Gasteiger charge is 2.11. The first-order valence-corrected chi connectivity index (χ1v) is 9.60. The summed E-state index contributed by atoms with van der Waals surface area (Å²) in [6, 6.07) is 13.0. The van der Waals surface area contributed by atoms with Gasteiger partial charge >= 0.3 is 0 Å². The van der Waals surface area contributed by atoms with Crippen molar-refractivity contribution < 1.29 is 14.0 Å². The molecular formula is C18H16BrN3O3S. The summed E-state index contributed by atoms with van der Waals surface area (Å²) in [5.41, 5.74) is 3.08. The lowest BCUT2D eigenvalue weighted by Crippen LogP contribution is -2.34. The van der Waals surface area contributed by atoms with E-state index < -0.39 is 0 Å². The van der Waals surface area contributed by atoms with Gasteiger partial charge in [-0.1, -0.05) is 39.8 Å². The molecule has 0 aliphatic heterocycles. The van der Waals surface area contributed by atoms with Crippen LogP contribution in [0.4, 0.5) is 5.69 Å². The van der Waals surface area contributed by atoms with Crippen LogP contribution in [0.3, 0.4) is 0 Å². The Morgan fingerprint density at radius 2 is 2.00 bits per heavy atom. The van der Waals surface area contributed by atoms with Crippen LogP contribution in [0.15, 0.2) is 56.6 Å². The van der Waals surface area contributed by atoms with E-state index in [1.54, 1.807) is 0 Å². The minimum Gasteiger partial charge on any atom is -0.431 e. The monoisotopic (exact) mass is 433 g/mol. The van der Waals surface area contributed by atoms with Gasteiger partial charge in [0.25, 0.3) is 5.22 Å². The Labute approximate surface area is 162 Å². The van der Waals surface area contributed by atoms with Crippen molar-refractivity contribution in [2.24, 2.45) is 0 Å². The second kappa shape index (κ2) is 8.37. The van der Waals surface area contributed by atoms with Crippen LogP contribution >= 0.6 is 27.7 Å². The van der Waals surface area contributed by atoms with Crippen molar-refractivity contribution >= 4 is 56.3 Å². The van der Waals surface area contributed by atoms with Crippen LogP contribution in [0, 0.1) is 6.92 Å². The highest BCUT2D eigenvalue weighted by Crippen LogP contribution is 2.23. The lowest BCUT2D eigenvalue weighted by molar-refractivity contribution is -0.122. The van der Waals surface area contributed by atoms with E-state index in [-0.39, 0.29) is 24.1 Å². The van der Waals surface area contributed by atoms with Gasteiger partial charge in [-0.2, -0.15) is 0 Å². The van der Waals surface area contributed by atoms with Crippen LogP contribution in [-0.4, -0.2) is 29.1 Å². The number of amides is 2. The Kier molecular flexibility index (Phi) is 5.95. The van der Waals surface area contributed by atoms with E-state index in [4.69, 9.17) is 4.42 Å². The molecule has 6 nitrogen and oxygen atoms in total. The number of halogens is 1. The zero-order valence-corrected chi connectivity index (χ0v) is 16.3. The number of benzene rings is 2. The smallest absolute Gasteiger partial charge is 0.257 e. The third-order valence-electron chi connectivity index (χ3n) is 3.51. The molecule has 0 aliphatic carbocycles. The summed E-state index contributed by atoms with van der Waals surface area (Å²) in [6.45, 7) is 1.80. The van der Waals surface area contributed by atoms with Crippen molar-refractivity contribution in [2.45, 2.75) is 12.1 Å². The number of hydrogen-bond donors (Lipinski definition) is 2. The molecule has 0 fully saturated rings. The molecule has 2 N–H and O–H groups in total. The Morgan fingerprint density at radius 3 is 2.77 bits per heavy atom. The first-order valence-electron chi connectivity index (χ1n) is 7.82. The molecule has 0 atom stereocenters. The van der Waals surface area contributed by atoms with E-state index in [1.807, 2.05) is 49.4 Å². The van der Waals surface area contributed by atoms with Gasteiger partial charge in [0.1, 0.15) is 5.52 Å². The van der Waals surface area contributed by atoms with E-state index in [2.05, 4.69) is 31.5 Å². The molecule has 8 heteroatoms. The number of carbonyl (C=O) groups excluding carboxylic acids is 2. The maximum Gasteiger partial charge on any atom is 0.257 e. The predicted molar refractivity (Wildman–Crippen MR) is 105 cm³/mol. The second-order valence-electron chi connectivity index (χ2n) is 5.52. The number of fused-ring (bicyclic) bond motifs is 1. The summed E-state index contributed by atoms with van der Waals surface area (Å²) in [7, 11) is 0. The predicted octanol–water partition coefficient (Wildman–Crippen LogP) is 3.75. The van der Waals surface area contributed by atoms with Gasteiger partial charge in [0.15, 0.2) is 5.58 Å². The number of aromatic nitrogens is 1. The van der Waals surface area contributed by atoms with Gasteiger partial charge in [0.05, 0.1) is 12.3 Å². The molecule has 3 rings (SSSR count). The quantitative estimate of drug-likeness (QED) is 0.578. The summed E-state index contributed by atoms with van der Waals surface area (Å²) in [5, 5.41) is 5.79. The third kappa shape index (κ3) is 4.86. The largest absolute Gasteiger partial charge is 0.431 e. The van der Waals surface area contributed by atoms with Gasteiger partial charge in [0.2, 0.25) is 11.8 Å². The number of anilines is 1. The zero-order valence-electron chi connectivity index (χ0n) is 13.9. The first kappa shape index (κ1) is 18.5. The highest BCUT2D eigenvalue weighted by atomic mass is 79.9. The van der Waals surface area contributed by atoms with Crippen LogP contribution in [0.5, 0.6) is 0 Å².